The summed E-state index contributed by atoms with van der Waals surface area (Å²) in [6.45, 7) is 0. The Morgan fingerprint density at radius 2 is 1.64 bits per heavy atom. The van der Waals surface area contributed by atoms with Gasteiger partial charge in [-0.3, -0.25) is 4.98 Å². The van der Waals surface area contributed by atoms with E-state index in [1.165, 1.54) is 0 Å². The Kier molecular flexibility index (Phi) is 4.12. The minimum absolute atomic E-state index is 0.0895. The highest BCUT2D eigenvalue weighted by Gasteiger charge is 2.63. The molecule has 1 N–H and O–H groups in total. The Hall–Kier alpha value is -1.65. The second kappa shape index (κ2) is 5.68. The third-order valence-electron chi connectivity index (χ3n) is 4.26. The Bertz CT molecular complexity index is 674. The molecular formula is C14H11F8NO2. The van der Waals surface area contributed by atoms with E-state index in [9.17, 15) is 40.2 Å². The van der Waals surface area contributed by atoms with Gasteiger partial charge in [-0.2, -0.15) is 22.0 Å². The van der Waals surface area contributed by atoms with Crippen molar-refractivity contribution in [1.82, 2.24) is 4.98 Å². The predicted octanol–water partition coefficient (Wildman–Crippen LogP) is 4.01. The molecule has 0 aliphatic heterocycles. The van der Waals surface area contributed by atoms with Crippen molar-refractivity contribution in [1.29, 1.82) is 0 Å². The van der Waals surface area contributed by atoms with E-state index in [0.29, 0.717) is 6.20 Å². The van der Waals surface area contributed by atoms with Crippen molar-refractivity contribution in [3.05, 3.63) is 23.0 Å². The number of hydrogen-bond donors (Lipinski definition) is 1. The van der Waals surface area contributed by atoms with Crippen LogP contribution in [0.1, 0.15) is 41.9 Å². The summed E-state index contributed by atoms with van der Waals surface area (Å²) in [5.74, 6) is -6.11. The highest BCUT2D eigenvalue weighted by Crippen LogP contribution is 2.54. The van der Waals surface area contributed by atoms with Crippen molar-refractivity contribution in [2.24, 2.45) is 0 Å². The molecule has 1 saturated carbocycles. The SMILES string of the molecule is O[C@H]1c2c(C(F)(F)C(F)(F)F)ncc(OC3CC(F)C3)c2[C@@H](F)[C@H]1F. The summed E-state index contributed by atoms with van der Waals surface area (Å²) in [4.78, 5) is 2.96. The van der Waals surface area contributed by atoms with E-state index >= 15 is 0 Å². The second-order valence-corrected chi connectivity index (χ2v) is 5.97. The fourth-order valence-electron chi connectivity index (χ4n) is 2.84. The molecule has 11 heteroatoms. The molecule has 1 aromatic heterocycles. The molecule has 0 radical (unpaired) electrons. The van der Waals surface area contributed by atoms with Gasteiger partial charge in [0.05, 0.1) is 6.20 Å². The maximum atomic E-state index is 14.1. The number of halogens is 8. The van der Waals surface area contributed by atoms with Crippen LogP contribution in [-0.2, 0) is 5.92 Å². The van der Waals surface area contributed by atoms with Gasteiger partial charge in [-0.1, -0.05) is 0 Å². The van der Waals surface area contributed by atoms with E-state index in [1.807, 2.05) is 0 Å². The number of alkyl halides is 8. The van der Waals surface area contributed by atoms with Crippen LogP contribution < -0.4 is 4.74 Å². The fourth-order valence-corrected chi connectivity index (χ4v) is 2.84. The molecule has 3 atom stereocenters. The molecule has 3 nitrogen and oxygen atoms in total. The van der Waals surface area contributed by atoms with Crippen LogP contribution >= 0.6 is 0 Å². The Morgan fingerprint density at radius 3 is 2.16 bits per heavy atom. The van der Waals surface area contributed by atoms with Crippen LogP contribution in [0.15, 0.2) is 6.20 Å². The van der Waals surface area contributed by atoms with E-state index in [4.69, 9.17) is 4.74 Å². The number of fused-ring (bicyclic) bond motifs is 1. The molecule has 0 bridgehead atoms. The van der Waals surface area contributed by atoms with Gasteiger partial charge in [0.2, 0.25) is 0 Å². The standard InChI is InChI=1S/C14H11F8NO2/c15-4-1-5(2-4)25-6-3-23-12(13(18,19)14(20,21)22)8-7(6)9(16)10(17)11(8)24/h3-5,9-11,24H,1-2H2/t4?,5?,9-,10-,11+/m1/s1. The first-order chi connectivity index (χ1) is 11.4. The molecule has 1 heterocycles. The lowest BCUT2D eigenvalue weighted by Crippen LogP contribution is -2.37. The highest BCUT2D eigenvalue weighted by molar-refractivity contribution is 5.50. The highest BCUT2D eigenvalue weighted by atomic mass is 19.4. The minimum Gasteiger partial charge on any atom is -0.488 e. The minimum atomic E-state index is -6.08. The smallest absolute Gasteiger partial charge is 0.459 e. The summed E-state index contributed by atoms with van der Waals surface area (Å²) in [7, 11) is 0. The maximum Gasteiger partial charge on any atom is 0.459 e. The van der Waals surface area contributed by atoms with Gasteiger partial charge in [-0.15, -0.1) is 0 Å². The first kappa shape index (κ1) is 18.2. The zero-order valence-corrected chi connectivity index (χ0v) is 12.2. The van der Waals surface area contributed by atoms with Gasteiger partial charge >= 0.3 is 12.1 Å². The zero-order chi connectivity index (χ0) is 18.7. The number of aliphatic hydroxyl groups is 1. The van der Waals surface area contributed by atoms with Gasteiger partial charge in [0.15, 0.2) is 12.3 Å². The lowest BCUT2D eigenvalue weighted by atomic mass is 9.93. The average Bonchev–Trinajstić information content (AvgIpc) is 2.70. The van der Waals surface area contributed by atoms with E-state index < -0.39 is 65.4 Å². The molecule has 0 amide bonds. The zero-order valence-electron chi connectivity index (χ0n) is 12.2. The fraction of sp³-hybridized carbons (Fsp3) is 0.643. The molecule has 2 aliphatic rings. The van der Waals surface area contributed by atoms with Gasteiger partial charge in [0.25, 0.3) is 0 Å². The molecule has 1 aromatic rings. The lowest BCUT2D eigenvalue weighted by molar-refractivity contribution is -0.291. The van der Waals surface area contributed by atoms with E-state index in [0.717, 1.165) is 0 Å². The van der Waals surface area contributed by atoms with Crippen LogP contribution in [0.3, 0.4) is 0 Å². The molecule has 0 spiro atoms. The van der Waals surface area contributed by atoms with Crippen LogP contribution in [-0.4, -0.2) is 34.7 Å². The number of nitrogens with zero attached hydrogens (tertiary/aromatic N) is 1. The van der Waals surface area contributed by atoms with Gasteiger partial charge in [0, 0.05) is 24.0 Å². The van der Waals surface area contributed by atoms with Crippen LogP contribution in [0.5, 0.6) is 5.75 Å². The average molecular weight is 377 g/mol. The number of ether oxygens (including phenoxy) is 1. The normalized spacial score (nSPS) is 32.3. The molecule has 0 aromatic carbocycles. The summed E-state index contributed by atoms with van der Waals surface area (Å²) in [5.41, 5.74) is -4.21. The molecule has 0 unspecified atom stereocenters. The third kappa shape index (κ3) is 2.72. The maximum absolute atomic E-state index is 14.1. The Balaban J connectivity index is 2.09. The number of aliphatic hydroxyl groups excluding tert-OH is 1. The Labute approximate surface area is 135 Å². The van der Waals surface area contributed by atoms with E-state index in [1.54, 1.807) is 0 Å². The van der Waals surface area contributed by atoms with Crippen LogP contribution in [0, 0.1) is 0 Å². The quantitative estimate of drug-likeness (QED) is 0.810. The van der Waals surface area contributed by atoms with Crippen molar-refractivity contribution in [3.8, 4) is 5.75 Å². The molecule has 25 heavy (non-hydrogen) atoms. The summed E-state index contributed by atoms with van der Waals surface area (Å²) < 4.78 is 111. The first-order valence-corrected chi connectivity index (χ1v) is 7.20. The first-order valence-electron chi connectivity index (χ1n) is 7.20. The third-order valence-corrected chi connectivity index (χ3v) is 4.26. The summed E-state index contributed by atoms with van der Waals surface area (Å²) in [6, 6.07) is 0. The van der Waals surface area contributed by atoms with E-state index in [-0.39, 0.29) is 12.8 Å². The van der Waals surface area contributed by atoms with Crippen LogP contribution in [0.2, 0.25) is 0 Å². The molecule has 3 rings (SSSR count). The largest absolute Gasteiger partial charge is 0.488 e. The van der Waals surface area contributed by atoms with Gasteiger partial charge < -0.3 is 9.84 Å². The van der Waals surface area contributed by atoms with Crippen molar-refractivity contribution < 1.29 is 45.0 Å². The molecular weight excluding hydrogens is 366 g/mol. The topological polar surface area (TPSA) is 42.4 Å². The summed E-state index contributed by atoms with van der Waals surface area (Å²) >= 11 is 0. The van der Waals surface area contributed by atoms with Gasteiger partial charge in [0.1, 0.15) is 29.8 Å². The lowest BCUT2D eigenvalue weighted by Gasteiger charge is -2.31. The molecule has 140 valence electrons. The van der Waals surface area contributed by atoms with E-state index in [2.05, 4.69) is 4.98 Å². The van der Waals surface area contributed by atoms with Gasteiger partial charge in [-0.05, 0) is 0 Å². The number of hydrogen-bond acceptors (Lipinski definition) is 3. The molecule has 1 fully saturated rings. The van der Waals surface area contributed by atoms with Gasteiger partial charge in [-0.25, -0.2) is 13.2 Å². The molecule has 2 aliphatic carbocycles. The van der Waals surface area contributed by atoms with Crippen molar-refractivity contribution in [3.63, 3.8) is 0 Å². The summed E-state index contributed by atoms with van der Waals surface area (Å²) in [6.07, 6.45) is -15.8. The second-order valence-electron chi connectivity index (χ2n) is 5.97. The predicted molar refractivity (Wildman–Crippen MR) is 66.4 cm³/mol. The van der Waals surface area contributed by atoms with Crippen molar-refractivity contribution in [2.75, 3.05) is 0 Å². The number of pyridine rings is 1. The molecule has 0 saturated heterocycles. The van der Waals surface area contributed by atoms with Crippen molar-refractivity contribution in [2.45, 2.75) is 55.7 Å². The van der Waals surface area contributed by atoms with Crippen LogP contribution in [0.25, 0.3) is 0 Å². The number of aromatic nitrogens is 1. The monoisotopic (exact) mass is 377 g/mol. The summed E-state index contributed by atoms with van der Waals surface area (Å²) in [5, 5.41) is 9.63. The van der Waals surface area contributed by atoms with Crippen LogP contribution in [0.4, 0.5) is 35.1 Å². The number of rotatable bonds is 3. The Morgan fingerprint density at radius 1 is 1.04 bits per heavy atom. The van der Waals surface area contributed by atoms with Crippen molar-refractivity contribution >= 4 is 0 Å².